The van der Waals surface area contributed by atoms with Gasteiger partial charge >= 0.3 is 0 Å². The Balaban J connectivity index is 2.03. The lowest BCUT2D eigenvalue weighted by Crippen LogP contribution is -2.11. The number of benzene rings is 1. The molecule has 1 aromatic heterocycles. The van der Waals surface area contributed by atoms with Crippen LogP contribution in [0.5, 0.6) is 0 Å². The first-order valence-corrected chi connectivity index (χ1v) is 6.09. The van der Waals surface area contributed by atoms with E-state index in [1.807, 2.05) is 23.6 Å². The fourth-order valence-electron chi connectivity index (χ4n) is 1.35. The maximum Gasteiger partial charge on any atom is 0.257 e. The number of thiazole rings is 1. The van der Waals surface area contributed by atoms with E-state index in [0.717, 1.165) is 5.69 Å². The van der Waals surface area contributed by atoms with E-state index in [-0.39, 0.29) is 12.5 Å². The highest BCUT2D eigenvalue weighted by Crippen LogP contribution is 2.16. The monoisotopic (exact) mass is 248 g/mol. The molecular formula is C12H12N2O2S. The Hall–Kier alpha value is -1.72. The van der Waals surface area contributed by atoms with Crippen LogP contribution in [0.1, 0.15) is 16.1 Å². The van der Waals surface area contributed by atoms with E-state index in [1.165, 1.54) is 11.3 Å². The Kier molecular flexibility index (Phi) is 3.85. The molecule has 0 unspecified atom stereocenters. The largest absolute Gasteiger partial charge is 0.396 e. The van der Waals surface area contributed by atoms with Crippen LogP contribution in [0.3, 0.4) is 0 Å². The number of nitrogens with zero attached hydrogens (tertiary/aromatic N) is 1. The molecule has 0 saturated heterocycles. The number of anilines is 1. The minimum atomic E-state index is -0.171. The number of hydrogen-bond acceptors (Lipinski definition) is 4. The van der Waals surface area contributed by atoms with Crippen molar-refractivity contribution in [3.05, 3.63) is 47.0 Å². The number of nitrogens with one attached hydrogen (secondary N) is 1. The van der Waals surface area contributed by atoms with Crippen LogP contribution < -0.4 is 5.32 Å². The van der Waals surface area contributed by atoms with E-state index in [4.69, 9.17) is 5.11 Å². The number of aromatic nitrogens is 1. The van der Waals surface area contributed by atoms with Crippen LogP contribution in [0.25, 0.3) is 0 Å². The molecule has 0 atom stereocenters. The van der Waals surface area contributed by atoms with Crippen molar-refractivity contribution in [3.8, 4) is 0 Å². The summed E-state index contributed by atoms with van der Waals surface area (Å²) in [7, 11) is 0. The summed E-state index contributed by atoms with van der Waals surface area (Å²) in [5.41, 5.74) is 1.40. The number of carbonyl (C=O) groups is 1. The standard InChI is InChI=1S/C12H12N2O2S/c15-7-6-10-8-17-12(13-10)14-11(16)9-4-2-1-3-5-9/h1-5,8,15H,6-7H2,(H,13,14,16). The zero-order valence-electron chi connectivity index (χ0n) is 9.09. The van der Waals surface area contributed by atoms with Gasteiger partial charge < -0.3 is 5.11 Å². The highest BCUT2D eigenvalue weighted by atomic mass is 32.1. The summed E-state index contributed by atoms with van der Waals surface area (Å²) in [6, 6.07) is 8.98. The number of carbonyl (C=O) groups excluding carboxylic acids is 1. The Morgan fingerprint density at radius 3 is 2.82 bits per heavy atom. The van der Waals surface area contributed by atoms with E-state index in [0.29, 0.717) is 17.1 Å². The fourth-order valence-corrected chi connectivity index (χ4v) is 2.09. The number of amides is 1. The molecule has 2 rings (SSSR count). The lowest BCUT2D eigenvalue weighted by molar-refractivity contribution is 0.102. The van der Waals surface area contributed by atoms with E-state index >= 15 is 0 Å². The van der Waals surface area contributed by atoms with Crippen molar-refractivity contribution < 1.29 is 9.90 Å². The molecular weight excluding hydrogens is 236 g/mol. The summed E-state index contributed by atoms with van der Waals surface area (Å²) >= 11 is 1.36. The van der Waals surface area contributed by atoms with E-state index in [1.54, 1.807) is 12.1 Å². The molecule has 0 aliphatic carbocycles. The van der Waals surface area contributed by atoms with Crippen LogP contribution >= 0.6 is 11.3 Å². The van der Waals surface area contributed by atoms with Crippen molar-refractivity contribution in [2.45, 2.75) is 6.42 Å². The Morgan fingerprint density at radius 1 is 1.35 bits per heavy atom. The van der Waals surface area contributed by atoms with E-state index < -0.39 is 0 Å². The molecule has 1 amide bonds. The second-order valence-electron chi connectivity index (χ2n) is 3.44. The zero-order chi connectivity index (χ0) is 12.1. The van der Waals surface area contributed by atoms with Crippen LogP contribution in [0.2, 0.25) is 0 Å². The number of hydrogen-bond donors (Lipinski definition) is 2. The normalized spacial score (nSPS) is 10.2. The Morgan fingerprint density at radius 2 is 2.12 bits per heavy atom. The predicted molar refractivity (Wildman–Crippen MR) is 67.3 cm³/mol. The van der Waals surface area contributed by atoms with Gasteiger partial charge in [-0.3, -0.25) is 10.1 Å². The SMILES string of the molecule is O=C(Nc1nc(CCO)cs1)c1ccccc1. The zero-order valence-corrected chi connectivity index (χ0v) is 9.91. The molecule has 1 heterocycles. The van der Waals surface area contributed by atoms with Crippen molar-refractivity contribution in [2.75, 3.05) is 11.9 Å². The molecule has 88 valence electrons. The van der Waals surface area contributed by atoms with Crippen molar-refractivity contribution in [1.29, 1.82) is 0 Å². The van der Waals surface area contributed by atoms with Gasteiger partial charge in [0.1, 0.15) is 0 Å². The van der Waals surface area contributed by atoms with Crippen LogP contribution in [-0.2, 0) is 6.42 Å². The first-order valence-electron chi connectivity index (χ1n) is 5.21. The molecule has 5 heteroatoms. The van der Waals surface area contributed by atoms with Gasteiger partial charge in [-0.2, -0.15) is 0 Å². The summed E-state index contributed by atoms with van der Waals surface area (Å²) in [6.45, 7) is 0.0653. The molecule has 1 aromatic carbocycles. The third-order valence-corrected chi connectivity index (χ3v) is 2.98. The molecule has 0 saturated carbocycles. The van der Waals surface area contributed by atoms with Crippen molar-refractivity contribution in [3.63, 3.8) is 0 Å². The highest BCUT2D eigenvalue weighted by Gasteiger charge is 2.08. The highest BCUT2D eigenvalue weighted by molar-refractivity contribution is 7.13. The molecule has 17 heavy (non-hydrogen) atoms. The average Bonchev–Trinajstić information content (AvgIpc) is 2.78. The quantitative estimate of drug-likeness (QED) is 0.869. The topological polar surface area (TPSA) is 62.2 Å². The summed E-state index contributed by atoms with van der Waals surface area (Å²) < 4.78 is 0. The Labute approximate surface area is 103 Å². The molecule has 0 spiro atoms. The van der Waals surface area contributed by atoms with Crippen molar-refractivity contribution in [1.82, 2.24) is 4.98 Å². The van der Waals surface area contributed by atoms with Gasteiger partial charge in [0.25, 0.3) is 5.91 Å². The van der Waals surface area contributed by atoms with Gasteiger partial charge in [-0.25, -0.2) is 4.98 Å². The summed E-state index contributed by atoms with van der Waals surface area (Å²) in [6.07, 6.45) is 0.512. The van der Waals surface area contributed by atoms with Gasteiger partial charge in [-0.05, 0) is 12.1 Å². The number of aliphatic hydroxyl groups is 1. The minimum Gasteiger partial charge on any atom is -0.396 e. The third kappa shape index (κ3) is 3.12. The minimum absolute atomic E-state index is 0.0653. The van der Waals surface area contributed by atoms with Gasteiger partial charge in [0, 0.05) is 24.0 Å². The van der Waals surface area contributed by atoms with Crippen molar-refractivity contribution in [2.24, 2.45) is 0 Å². The third-order valence-electron chi connectivity index (χ3n) is 2.18. The molecule has 4 nitrogen and oxygen atoms in total. The van der Waals surface area contributed by atoms with E-state index in [9.17, 15) is 4.79 Å². The van der Waals surface area contributed by atoms with Gasteiger partial charge in [-0.1, -0.05) is 18.2 Å². The first-order chi connectivity index (χ1) is 8.29. The molecule has 0 aliphatic heterocycles. The summed E-state index contributed by atoms with van der Waals surface area (Å²) in [5, 5.41) is 13.9. The lowest BCUT2D eigenvalue weighted by Gasteiger charge is -2.00. The fraction of sp³-hybridized carbons (Fsp3) is 0.167. The maximum absolute atomic E-state index is 11.8. The predicted octanol–water partition coefficient (Wildman–Crippen LogP) is 1.93. The van der Waals surface area contributed by atoms with Crippen LogP contribution in [0, 0.1) is 0 Å². The molecule has 2 aromatic rings. The average molecular weight is 248 g/mol. The summed E-state index contributed by atoms with van der Waals surface area (Å²) in [5.74, 6) is -0.171. The maximum atomic E-state index is 11.8. The molecule has 2 N–H and O–H groups in total. The van der Waals surface area contributed by atoms with Crippen LogP contribution in [-0.4, -0.2) is 22.6 Å². The van der Waals surface area contributed by atoms with Gasteiger partial charge in [0.15, 0.2) is 5.13 Å². The molecule has 0 fully saturated rings. The van der Waals surface area contributed by atoms with Gasteiger partial charge in [-0.15, -0.1) is 11.3 Å². The second-order valence-corrected chi connectivity index (χ2v) is 4.30. The second kappa shape index (κ2) is 5.56. The van der Waals surface area contributed by atoms with Gasteiger partial charge in [0.05, 0.1) is 5.69 Å². The van der Waals surface area contributed by atoms with Crippen LogP contribution in [0.15, 0.2) is 35.7 Å². The summed E-state index contributed by atoms with van der Waals surface area (Å²) in [4.78, 5) is 16.0. The number of rotatable bonds is 4. The molecule has 0 bridgehead atoms. The smallest absolute Gasteiger partial charge is 0.257 e. The molecule has 0 aliphatic rings. The molecule has 0 radical (unpaired) electrons. The Bertz CT molecular complexity index is 496. The lowest BCUT2D eigenvalue weighted by atomic mass is 10.2. The van der Waals surface area contributed by atoms with Crippen molar-refractivity contribution >= 4 is 22.4 Å². The van der Waals surface area contributed by atoms with Crippen LogP contribution in [0.4, 0.5) is 5.13 Å². The van der Waals surface area contributed by atoms with E-state index in [2.05, 4.69) is 10.3 Å². The first kappa shape index (κ1) is 11.8. The number of aliphatic hydroxyl groups excluding tert-OH is 1. The van der Waals surface area contributed by atoms with Gasteiger partial charge in [0.2, 0.25) is 0 Å².